The molecule has 1 aliphatic heterocycles. The second-order valence-corrected chi connectivity index (χ2v) is 8.81. The van der Waals surface area contributed by atoms with Crippen LogP contribution >= 0.6 is 11.6 Å². The normalized spacial score (nSPS) is 15.4. The molecule has 1 fully saturated rings. The van der Waals surface area contributed by atoms with E-state index in [9.17, 15) is 26.4 Å². The van der Waals surface area contributed by atoms with Crippen LogP contribution in [0.5, 0.6) is 0 Å². The van der Waals surface area contributed by atoms with Crippen molar-refractivity contribution in [2.75, 3.05) is 18.5 Å². The Morgan fingerprint density at radius 1 is 1.07 bits per heavy atom. The Hall–Kier alpha value is -2.10. The molecule has 5 nitrogen and oxygen atoms in total. The summed E-state index contributed by atoms with van der Waals surface area (Å²) in [7, 11) is -3.80. The van der Waals surface area contributed by atoms with E-state index in [0.717, 1.165) is 6.07 Å². The predicted molar refractivity (Wildman–Crippen MR) is 96.7 cm³/mol. The first-order chi connectivity index (χ1) is 13.2. The molecule has 1 N–H and O–H groups in total. The molecule has 0 unspecified atom stereocenters. The SMILES string of the molecule is O=C(Nc1cc(F)c(F)c(F)c1)c1ccc(Cl)c(S(=O)(=O)C2CCOCC2)c1. The second-order valence-electron chi connectivity index (χ2n) is 6.21. The Morgan fingerprint density at radius 2 is 1.68 bits per heavy atom. The summed E-state index contributed by atoms with van der Waals surface area (Å²) < 4.78 is 70.5. The lowest BCUT2D eigenvalue weighted by Crippen LogP contribution is -2.29. The van der Waals surface area contributed by atoms with Crippen LogP contribution in [0.3, 0.4) is 0 Å². The molecule has 0 spiro atoms. The quantitative estimate of drug-likeness (QED) is 0.741. The van der Waals surface area contributed by atoms with Crippen LogP contribution in [0.2, 0.25) is 5.02 Å². The van der Waals surface area contributed by atoms with Crippen molar-refractivity contribution in [3.63, 3.8) is 0 Å². The number of anilines is 1. The molecule has 10 heteroatoms. The van der Waals surface area contributed by atoms with Crippen molar-refractivity contribution in [1.29, 1.82) is 0 Å². The molecule has 0 bridgehead atoms. The number of sulfone groups is 1. The van der Waals surface area contributed by atoms with Crippen molar-refractivity contribution < 1.29 is 31.1 Å². The average molecular weight is 434 g/mol. The molecule has 0 atom stereocenters. The minimum atomic E-state index is -3.80. The standard InChI is InChI=1S/C18H15ClF3NO4S/c19-13-2-1-10(7-16(13)28(25,26)12-3-5-27-6-4-12)18(24)23-11-8-14(20)17(22)15(21)9-11/h1-2,7-9,12H,3-6H2,(H,23,24). The molecule has 1 amide bonds. The summed E-state index contributed by atoms with van der Waals surface area (Å²) in [5.74, 6) is -5.41. The van der Waals surface area contributed by atoms with Gasteiger partial charge in [0.25, 0.3) is 5.91 Å². The number of benzene rings is 2. The van der Waals surface area contributed by atoms with Gasteiger partial charge in [-0.05, 0) is 31.0 Å². The van der Waals surface area contributed by atoms with E-state index in [0.29, 0.717) is 38.2 Å². The first kappa shape index (κ1) is 20.6. The smallest absolute Gasteiger partial charge is 0.255 e. The summed E-state index contributed by atoms with van der Waals surface area (Å²) >= 11 is 6.04. The highest BCUT2D eigenvalue weighted by molar-refractivity contribution is 7.92. The lowest BCUT2D eigenvalue weighted by Gasteiger charge is -2.22. The topological polar surface area (TPSA) is 72.5 Å². The summed E-state index contributed by atoms with van der Waals surface area (Å²) in [6, 6.07) is 4.88. The molecule has 0 aliphatic carbocycles. The van der Waals surface area contributed by atoms with Gasteiger partial charge in [-0.15, -0.1) is 0 Å². The second kappa shape index (κ2) is 8.10. The Morgan fingerprint density at radius 3 is 2.29 bits per heavy atom. The monoisotopic (exact) mass is 433 g/mol. The largest absolute Gasteiger partial charge is 0.381 e. The van der Waals surface area contributed by atoms with Crippen molar-refractivity contribution in [2.24, 2.45) is 0 Å². The van der Waals surface area contributed by atoms with Gasteiger partial charge in [-0.2, -0.15) is 0 Å². The molecule has 2 aromatic carbocycles. The maximum atomic E-state index is 13.3. The van der Waals surface area contributed by atoms with Gasteiger partial charge in [-0.1, -0.05) is 11.6 Å². The first-order valence-electron chi connectivity index (χ1n) is 8.27. The molecule has 150 valence electrons. The third-order valence-corrected chi connectivity index (χ3v) is 7.09. The number of hydrogen-bond acceptors (Lipinski definition) is 4. The van der Waals surface area contributed by atoms with Gasteiger partial charge in [0.2, 0.25) is 0 Å². The number of carbonyl (C=O) groups excluding carboxylic acids is 1. The van der Waals surface area contributed by atoms with E-state index in [1.54, 1.807) is 0 Å². The fourth-order valence-corrected chi connectivity index (χ4v) is 5.10. The Labute approximate surface area is 164 Å². The number of nitrogens with one attached hydrogen (secondary N) is 1. The molecule has 28 heavy (non-hydrogen) atoms. The lowest BCUT2D eigenvalue weighted by atomic mass is 10.2. The fraction of sp³-hybridized carbons (Fsp3) is 0.278. The van der Waals surface area contributed by atoms with Gasteiger partial charge >= 0.3 is 0 Å². The molecule has 1 aliphatic rings. The van der Waals surface area contributed by atoms with E-state index >= 15 is 0 Å². The van der Waals surface area contributed by atoms with Gasteiger partial charge in [0, 0.05) is 36.6 Å². The lowest BCUT2D eigenvalue weighted by molar-refractivity contribution is 0.0983. The van der Waals surface area contributed by atoms with Gasteiger partial charge in [0.1, 0.15) is 0 Å². The number of hydrogen-bond donors (Lipinski definition) is 1. The van der Waals surface area contributed by atoms with E-state index in [4.69, 9.17) is 16.3 Å². The molecule has 3 rings (SSSR count). The van der Waals surface area contributed by atoms with E-state index in [-0.39, 0.29) is 21.2 Å². The number of ether oxygens (including phenoxy) is 1. The van der Waals surface area contributed by atoms with E-state index in [1.807, 2.05) is 0 Å². The van der Waals surface area contributed by atoms with Crippen LogP contribution in [0, 0.1) is 17.5 Å². The van der Waals surface area contributed by atoms with Gasteiger partial charge in [0.05, 0.1) is 15.2 Å². The maximum absolute atomic E-state index is 13.3. The zero-order valence-electron chi connectivity index (χ0n) is 14.3. The highest BCUT2D eigenvalue weighted by Gasteiger charge is 2.31. The summed E-state index contributed by atoms with van der Waals surface area (Å²) in [4.78, 5) is 12.2. The Bertz CT molecular complexity index is 1000. The Balaban J connectivity index is 1.89. The molecule has 1 saturated heterocycles. The number of amides is 1. The van der Waals surface area contributed by atoms with Gasteiger partial charge in [-0.3, -0.25) is 4.79 Å². The highest BCUT2D eigenvalue weighted by atomic mass is 35.5. The fourth-order valence-electron chi connectivity index (χ4n) is 2.86. The van der Waals surface area contributed by atoms with Gasteiger partial charge in [-0.25, -0.2) is 21.6 Å². The van der Waals surface area contributed by atoms with Crippen LogP contribution in [0.1, 0.15) is 23.2 Å². The van der Waals surface area contributed by atoms with E-state index in [1.165, 1.54) is 12.1 Å². The first-order valence-corrected chi connectivity index (χ1v) is 10.2. The van der Waals surface area contributed by atoms with Crippen LogP contribution < -0.4 is 5.32 Å². The summed E-state index contributed by atoms with van der Waals surface area (Å²) in [5.41, 5.74) is -0.398. The third-order valence-electron chi connectivity index (χ3n) is 4.35. The van der Waals surface area contributed by atoms with Crippen LogP contribution in [0.4, 0.5) is 18.9 Å². The number of rotatable bonds is 4. The summed E-state index contributed by atoms with van der Waals surface area (Å²) in [6.07, 6.45) is 0.617. The third kappa shape index (κ3) is 4.16. The molecule has 0 aromatic heterocycles. The Kier molecular flexibility index (Phi) is 5.97. The maximum Gasteiger partial charge on any atom is 0.255 e. The van der Waals surface area contributed by atoms with Gasteiger partial charge in [0.15, 0.2) is 27.3 Å². The van der Waals surface area contributed by atoms with Crippen LogP contribution in [-0.2, 0) is 14.6 Å². The molecule has 0 saturated carbocycles. The van der Waals surface area contributed by atoms with Crippen molar-refractivity contribution in [2.45, 2.75) is 23.0 Å². The highest BCUT2D eigenvalue weighted by Crippen LogP contribution is 2.30. The van der Waals surface area contributed by atoms with E-state index in [2.05, 4.69) is 5.32 Å². The van der Waals surface area contributed by atoms with Crippen LogP contribution in [0.15, 0.2) is 35.2 Å². The number of halogens is 4. The van der Waals surface area contributed by atoms with Crippen LogP contribution in [-0.4, -0.2) is 32.8 Å². The molecule has 1 heterocycles. The summed E-state index contributed by atoms with van der Waals surface area (Å²) in [6.45, 7) is 0.618. The number of carbonyl (C=O) groups is 1. The minimum absolute atomic E-state index is 0.0399. The van der Waals surface area contributed by atoms with Crippen molar-refractivity contribution >= 4 is 33.0 Å². The predicted octanol–water partition coefficient (Wildman–Crippen LogP) is 3.96. The summed E-state index contributed by atoms with van der Waals surface area (Å²) in [5, 5.41) is 1.48. The van der Waals surface area contributed by atoms with Crippen LogP contribution in [0.25, 0.3) is 0 Å². The van der Waals surface area contributed by atoms with Crippen molar-refractivity contribution in [3.05, 3.63) is 58.4 Å². The van der Waals surface area contributed by atoms with Gasteiger partial charge < -0.3 is 10.1 Å². The van der Waals surface area contributed by atoms with Crippen molar-refractivity contribution in [3.8, 4) is 0 Å². The molecular formula is C18H15ClF3NO4S. The van der Waals surface area contributed by atoms with Crippen molar-refractivity contribution in [1.82, 2.24) is 0 Å². The molecule has 0 radical (unpaired) electrons. The zero-order valence-corrected chi connectivity index (χ0v) is 15.9. The molecule has 2 aromatic rings. The minimum Gasteiger partial charge on any atom is -0.381 e. The zero-order chi connectivity index (χ0) is 20.5. The average Bonchev–Trinajstić information content (AvgIpc) is 2.67. The van der Waals surface area contributed by atoms with E-state index < -0.39 is 38.4 Å². The molecular weight excluding hydrogens is 419 g/mol.